The Balaban J connectivity index is 1.51. The number of Topliss-reactive ketones (excluding diaryl/α,β-unsaturated/α-hetero) is 1. The molecule has 0 spiro atoms. The van der Waals surface area contributed by atoms with Crippen molar-refractivity contribution in [1.29, 1.82) is 0 Å². The molecule has 2 heterocycles. The lowest BCUT2D eigenvalue weighted by Gasteiger charge is -2.54. The van der Waals surface area contributed by atoms with Crippen LogP contribution in [0, 0.1) is 16.7 Å². The zero-order valence-corrected chi connectivity index (χ0v) is 29.6. The molecule has 4 fully saturated rings. The zero-order valence-electron chi connectivity index (χ0n) is 28.8. The van der Waals surface area contributed by atoms with Crippen molar-refractivity contribution in [3.8, 4) is 0 Å². The van der Waals surface area contributed by atoms with Crippen molar-refractivity contribution in [2.24, 2.45) is 16.7 Å². The summed E-state index contributed by atoms with van der Waals surface area (Å²) in [4.78, 5) is 68.6. The lowest BCUT2D eigenvalue weighted by Crippen LogP contribution is -2.73. The Morgan fingerprint density at radius 3 is 2.17 bits per heavy atom. The summed E-state index contributed by atoms with van der Waals surface area (Å²) in [6.45, 7) is 13.1. The molecule has 4 rings (SSSR count). The van der Waals surface area contributed by atoms with Gasteiger partial charge in [-0.1, -0.05) is 79.2 Å². The van der Waals surface area contributed by atoms with E-state index in [4.69, 9.17) is 0 Å². The lowest BCUT2D eigenvalue weighted by atomic mass is 9.72. The number of nitrogens with zero attached hydrogens (tertiary/aromatic N) is 1. The highest BCUT2D eigenvalue weighted by Gasteiger charge is 2.55. The van der Waals surface area contributed by atoms with Gasteiger partial charge in [0.25, 0.3) is 5.91 Å². The standard InChI is InChI=1S/C34H55N5O7S/c1-7-18-35-28(41)25(40)23(20-22-14-15-22)36-29(42)27-33(5,6)21-39(27)30(43)26(32(2,3)4)37-31(44)38-34(16-10-8-11-17-34)24-13-9-12-19-47(24,45)46/h7,22-24,26-27H,1,8-21H2,2-6H3,(H,35,41)(H,36,42)(H2,37,38,44). The van der Waals surface area contributed by atoms with Gasteiger partial charge >= 0.3 is 6.03 Å². The third kappa shape index (κ3) is 8.56. The van der Waals surface area contributed by atoms with E-state index in [1.54, 1.807) is 0 Å². The van der Waals surface area contributed by atoms with Crippen LogP contribution in [0.1, 0.15) is 105 Å². The first-order valence-electron chi connectivity index (χ1n) is 17.3. The molecule has 0 aromatic rings. The van der Waals surface area contributed by atoms with Crippen molar-refractivity contribution in [3.05, 3.63) is 12.7 Å². The molecule has 2 saturated heterocycles. The number of hydrogen-bond acceptors (Lipinski definition) is 7. The number of amides is 5. The van der Waals surface area contributed by atoms with E-state index in [1.165, 1.54) is 11.0 Å². The monoisotopic (exact) mass is 677 g/mol. The summed E-state index contributed by atoms with van der Waals surface area (Å²) in [5, 5.41) is 10.6. The predicted molar refractivity (Wildman–Crippen MR) is 179 cm³/mol. The van der Waals surface area contributed by atoms with Gasteiger partial charge in [0.05, 0.1) is 22.6 Å². The molecule has 4 atom stereocenters. The van der Waals surface area contributed by atoms with Crippen molar-refractivity contribution in [3.63, 3.8) is 0 Å². The van der Waals surface area contributed by atoms with Gasteiger partial charge in [0.15, 0.2) is 9.84 Å². The predicted octanol–water partition coefficient (Wildman–Crippen LogP) is 2.76. The highest BCUT2D eigenvalue weighted by atomic mass is 32.2. The lowest BCUT2D eigenvalue weighted by molar-refractivity contribution is -0.165. The minimum Gasteiger partial charge on any atom is -0.346 e. The summed E-state index contributed by atoms with van der Waals surface area (Å²) in [5.41, 5.74) is -2.26. The molecule has 0 aromatic carbocycles. The molecule has 2 aliphatic carbocycles. The summed E-state index contributed by atoms with van der Waals surface area (Å²) in [6.07, 6.45) is 9.29. The Morgan fingerprint density at radius 2 is 1.62 bits per heavy atom. The normalized spacial score (nSPS) is 26.0. The van der Waals surface area contributed by atoms with Crippen molar-refractivity contribution in [1.82, 2.24) is 26.2 Å². The maximum absolute atomic E-state index is 14.2. The molecular weight excluding hydrogens is 622 g/mol. The average Bonchev–Trinajstić information content (AvgIpc) is 3.80. The fourth-order valence-electron chi connectivity index (χ4n) is 7.70. The minimum atomic E-state index is -3.38. The maximum Gasteiger partial charge on any atom is 0.315 e. The number of carbonyl (C=O) groups is 5. The number of likely N-dealkylation sites (tertiary alicyclic amines) is 1. The summed E-state index contributed by atoms with van der Waals surface area (Å²) < 4.78 is 26.4. The summed E-state index contributed by atoms with van der Waals surface area (Å²) in [7, 11) is -3.38. The van der Waals surface area contributed by atoms with Crippen LogP contribution in [0.15, 0.2) is 12.7 Å². The molecule has 5 amide bonds. The molecule has 13 heteroatoms. The van der Waals surface area contributed by atoms with Crippen LogP contribution < -0.4 is 21.3 Å². The van der Waals surface area contributed by atoms with E-state index in [9.17, 15) is 32.4 Å². The fourth-order valence-corrected chi connectivity index (χ4v) is 10.1. The van der Waals surface area contributed by atoms with Crippen LogP contribution >= 0.6 is 0 Å². The summed E-state index contributed by atoms with van der Waals surface area (Å²) in [5.74, 6) is -2.13. The van der Waals surface area contributed by atoms with E-state index >= 15 is 0 Å². The van der Waals surface area contributed by atoms with Gasteiger partial charge in [-0.3, -0.25) is 19.2 Å². The van der Waals surface area contributed by atoms with E-state index < -0.39 is 79.1 Å². The van der Waals surface area contributed by atoms with Crippen LogP contribution in [0.5, 0.6) is 0 Å². The largest absolute Gasteiger partial charge is 0.346 e. The maximum atomic E-state index is 14.2. The second-order valence-corrected chi connectivity index (χ2v) is 18.2. The van der Waals surface area contributed by atoms with E-state index in [1.807, 2.05) is 34.6 Å². The van der Waals surface area contributed by atoms with Crippen molar-refractivity contribution in [2.75, 3.05) is 18.8 Å². The number of carbonyl (C=O) groups excluding carboxylic acids is 5. The Labute approximate surface area is 279 Å². The minimum absolute atomic E-state index is 0.118. The van der Waals surface area contributed by atoms with Crippen LogP contribution in [0.3, 0.4) is 0 Å². The second kappa shape index (κ2) is 14.3. The summed E-state index contributed by atoms with van der Waals surface area (Å²) in [6, 6.07) is -3.56. The topological polar surface area (TPSA) is 171 Å². The number of hydrogen-bond donors (Lipinski definition) is 4. The molecule has 2 aliphatic heterocycles. The van der Waals surface area contributed by atoms with Crippen LogP contribution in [0.2, 0.25) is 0 Å². The van der Waals surface area contributed by atoms with Crippen molar-refractivity contribution in [2.45, 2.75) is 134 Å². The molecular formula is C34H55N5O7S. The van der Waals surface area contributed by atoms with Gasteiger partial charge in [0.1, 0.15) is 12.1 Å². The first-order valence-corrected chi connectivity index (χ1v) is 19.0. The highest BCUT2D eigenvalue weighted by Crippen LogP contribution is 2.41. The van der Waals surface area contributed by atoms with Gasteiger partial charge in [0.2, 0.25) is 17.6 Å². The molecule has 0 bridgehead atoms. The Morgan fingerprint density at radius 1 is 0.957 bits per heavy atom. The molecule has 4 N–H and O–H groups in total. The average molecular weight is 678 g/mol. The molecule has 2 saturated carbocycles. The van der Waals surface area contributed by atoms with E-state index in [-0.39, 0.29) is 24.8 Å². The third-order valence-electron chi connectivity index (χ3n) is 10.4. The number of urea groups is 1. The van der Waals surface area contributed by atoms with E-state index in [0.29, 0.717) is 32.1 Å². The Kier molecular flexibility index (Phi) is 11.2. The number of rotatable bonds is 12. The van der Waals surface area contributed by atoms with Crippen LogP contribution in [-0.4, -0.2) is 90.6 Å². The first kappa shape index (κ1) is 36.9. The quantitative estimate of drug-likeness (QED) is 0.182. The van der Waals surface area contributed by atoms with Gasteiger partial charge in [0, 0.05) is 18.5 Å². The molecule has 0 radical (unpaired) electrons. The molecule has 264 valence electrons. The van der Waals surface area contributed by atoms with Crippen LogP contribution in [0.25, 0.3) is 0 Å². The van der Waals surface area contributed by atoms with Crippen LogP contribution in [-0.2, 0) is 29.0 Å². The molecule has 12 nitrogen and oxygen atoms in total. The number of sulfone groups is 1. The third-order valence-corrected chi connectivity index (χ3v) is 12.8. The smallest absolute Gasteiger partial charge is 0.315 e. The molecule has 47 heavy (non-hydrogen) atoms. The van der Waals surface area contributed by atoms with Gasteiger partial charge in [-0.25, -0.2) is 13.2 Å². The highest BCUT2D eigenvalue weighted by molar-refractivity contribution is 7.92. The number of nitrogens with one attached hydrogen (secondary N) is 4. The SMILES string of the molecule is C=CCNC(=O)C(=O)C(CC1CC1)NC(=O)C1N(C(=O)C(NC(=O)NC2(C3CCCCS3(=O)=O)CCCCC2)C(C)(C)C)CC1(C)C. The van der Waals surface area contributed by atoms with Crippen molar-refractivity contribution < 1.29 is 32.4 Å². The molecule has 0 aromatic heterocycles. The summed E-state index contributed by atoms with van der Waals surface area (Å²) >= 11 is 0. The Hall–Kier alpha value is -2.96. The van der Waals surface area contributed by atoms with E-state index in [0.717, 1.165) is 38.5 Å². The van der Waals surface area contributed by atoms with Crippen LogP contribution in [0.4, 0.5) is 4.79 Å². The first-order chi connectivity index (χ1) is 21.9. The molecule has 4 unspecified atom stereocenters. The second-order valence-electron chi connectivity index (χ2n) is 15.9. The van der Waals surface area contributed by atoms with Gasteiger partial charge in [-0.15, -0.1) is 6.58 Å². The van der Waals surface area contributed by atoms with Gasteiger partial charge in [-0.2, -0.15) is 0 Å². The van der Waals surface area contributed by atoms with Gasteiger partial charge < -0.3 is 26.2 Å². The fraction of sp³-hybridized carbons (Fsp3) is 0.794. The van der Waals surface area contributed by atoms with E-state index in [2.05, 4.69) is 27.8 Å². The number of ketones is 1. The molecule has 4 aliphatic rings. The van der Waals surface area contributed by atoms with Gasteiger partial charge in [-0.05, 0) is 43.4 Å². The zero-order chi connectivity index (χ0) is 34.8. The Bertz CT molecular complexity index is 1340. The van der Waals surface area contributed by atoms with Crippen molar-refractivity contribution >= 4 is 39.4 Å².